The first-order valence-electron chi connectivity index (χ1n) is 13.3. The van der Waals surface area contributed by atoms with Gasteiger partial charge in [-0.15, -0.1) is 0 Å². The SMILES string of the molecule is COc1cccc(N2C(=S)N[C@@H](c3ccccn3)[C@@H]2c2cc(C)n(-c3ccc(N4CCOCC4)cc3)c2C)c1. The van der Waals surface area contributed by atoms with E-state index in [9.17, 15) is 0 Å². The lowest BCUT2D eigenvalue weighted by Crippen LogP contribution is -2.36. The summed E-state index contributed by atoms with van der Waals surface area (Å²) >= 11 is 5.93. The van der Waals surface area contributed by atoms with Crippen LogP contribution in [0.15, 0.2) is 79.0 Å². The van der Waals surface area contributed by atoms with Gasteiger partial charge < -0.3 is 29.2 Å². The molecule has 4 heterocycles. The van der Waals surface area contributed by atoms with Crippen LogP contribution in [0.3, 0.4) is 0 Å². The molecular weight excluding hydrogens is 506 g/mol. The van der Waals surface area contributed by atoms with E-state index in [4.69, 9.17) is 26.7 Å². The Kier molecular flexibility index (Phi) is 6.97. The first kappa shape index (κ1) is 25.4. The third-order valence-electron chi connectivity index (χ3n) is 7.70. The van der Waals surface area contributed by atoms with Crippen LogP contribution in [0, 0.1) is 13.8 Å². The summed E-state index contributed by atoms with van der Waals surface area (Å²) in [6, 6.07) is 25.0. The fraction of sp³-hybridized carbons (Fsp3) is 0.290. The van der Waals surface area contributed by atoms with Crippen molar-refractivity contribution in [2.24, 2.45) is 0 Å². The van der Waals surface area contributed by atoms with Crippen molar-refractivity contribution in [2.75, 3.05) is 43.2 Å². The third kappa shape index (κ3) is 4.75. The lowest BCUT2D eigenvalue weighted by Gasteiger charge is -2.29. The van der Waals surface area contributed by atoms with Gasteiger partial charge in [-0.25, -0.2) is 0 Å². The molecule has 0 bridgehead atoms. The minimum atomic E-state index is -0.109. The molecule has 2 atom stereocenters. The molecule has 200 valence electrons. The van der Waals surface area contributed by atoms with E-state index < -0.39 is 0 Å². The summed E-state index contributed by atoms with van der Waals surface area (Å²) < 4.78 is 13.4. The van der Waals surface area contributed by atoms with Crippen LogP contribution in [0.1, 0.15) is 34.7 Å². The molecule has 2 aliphatic rings. The molecule has 0 radical (unpaired) electrons. The predicted molar refractivity (Wildman–Crippen MR) is 159 cm³/mol. The van der Waals surface area contributed by atoms with Crippen LogP contribution in [-0.4, -0.2) is 48.1 Å². The standard InChI is InChI=1S/C31H33N5O2S/c1-21-19-27(22(2)35(21)24-12-10-23(11-13-24)34-15-17-38-18-16-34)30-29(28-9-4-5-14-32-28)33-31(39)36(30)25-7-6-8-26(20-25)37-3/h4-14,19-20,29-30H,15-18H2,1-3H3,(H,33,39)/t29-,30-/m0/s1. The fourth-order valence-electron chi connectivity index (χ4n) is 5.83. The Balaban J connectivity index is 1.42. The molecule has 0 saturated carbocycles. The van der Waals surface area contributed by atoms with Crippen molar-refractivity contribution in [1.29, 1.82) is 0 Å². The molecule has 0 spiro atoms. The summed E-state index contributed by atoms with van der Waals surface area (Å²) in [5.41, 5.74) is 7.86. The molecule has 0 unspecified atom stereocenters. The third-order valence-corrected chi connectivity index (χ3v) is 8.02. The average Bonchev–Trinajstić information content (AvgIpc) is 3.48. The molecule has 1 N–H and O–H groups in total. The summed E-state index contributed by atoms with van der Waals surface area (Å²) in [5, 5.41) is 4.24. The molecular formula is C31H33N5O2S. The number of morpholine rings is 1. The van der Waals surface area contributed by atoms with Crippen molar-refractivity contribution in [1.82, 2.24) is 14.9 Å². The van der Waals surface area contributed by atoms with Gasteiger partial charge in [-0.2, -0.15) is 0 Å². The van der Waals surface area contributed by atoms with Gasteiger partial charge in [0.2, 0.25) is 0 Å². The Morgan fingerprint density at radius 2 is 1.69 bits per heavy atom. The van der Waals surface area contributed by atoms with Crippen molar-refractivity contribution >= 4 is 28.7 Å². The highest BCUT2D eigenvalue weighted by atomic mass is 32.1. The fourth-order valence-corrected chi connectivity index (χ4v) is 6.17. The van der Waals surface area contributed by atoms with Crippen molar-refractivity contribution in [3.05, 3.63) is 102 Å². The Bertz CT molecular complexity index is 1460. The van der Waals surface area contributed by atoms with Crippen molar-refractivity contribution < 1.29 is 9.47 Å². The molecule has 2 aromatic carbocycles. The molecule has 7 nitrogen and oxygen atoms in total. The zero-order valence-corrected chi connectivity index (χ0v) is 23.3. The highest BCUT2D eigenvalue weighted by molar-refractivity contribution is 7.80. The number of methoxy groups -OCH3 is 1. The lowest BCUT2D eigenvalue weighted by atomic mass is 9.96. The Hall–Kier alpha value is -3.88. The summed E-state index contributed by atoms with van der Waals surface area (Å²) in [4.78, 5) is 9.29. The maximum atomic E-state index is 5.93. The number of hydrogen-bond donors (Lipinski definition) is 1. The van der Waals surface area contributed by atoms with Gasteiger partial charge in [0.15, 0.2) is 5.11 Å². The molecule has 0 aliphatic carbocycles. The van der Waals surface area contributed by atoms with E-state index >= 15 is 0 Å². The number of aryl methyl sites for hydroxylation is 1. The van der Waals surface area contributed by atoms with E-state index in [1.54, 1.807) is 7.11 Å². The monoisotopic (exact) mass is 539 g/mol. The number of hydrogen-bond acceptors (Lipinski definition) is 5. The maximum Gasteiger partial charge on any atom is 0.174 e. The number of anilines is 2. The van der Waals surface area contributed by atoms with Gasteiger partial charge in [0, 0.05) is 53.8 Å². The highest BCUT2D eigenvalue weighted by Gasteiger charge is 2.42. The Morgan fingerprint density at radius 1 is 0.923 bits per heavy atom. The van der Waals surface area contributed by atoms with Crippen LogP contribution < -0.4 is 19.9 Å². The predicted octanol–water partition coefficient (Wildman–Crippen LogP) is 5.51. The van der Waals surface area contributed by atoms with E-state index in [2.05, 4.69) is 76.0 Å². The van der Waals surface area contributed by atoms with Crippen LogP contribution in [0.4, 0.5) is 11.4 Å². The number of aromatic nitrogens is 2. The number of pyridine rings is 1. The summed E-state index contributed by atoms with van der Waals surface area (Å²) in [7, 11) is 1.69. The molecule has 2 saturated heterocycles. The molecule has 8 heteroatoms. The van der Waals surface area contributed by atoms with Gasteiger partial charge in [0.05, 0.1) is 38.1 Å². The van der Waals surface area contributed by atoms with E-state index in [0.717, 1.165) is 49.1 Å². The second-order valence-corrected chi connectivity index (χ2v) is 10.4. The van der Waals surface area contributed by atoms with Gasteiger partial charge in [0.25, 0.3) is 0 Å². The Labute approximate surface area is 235 Å². The van der Waals surface area contributed by atoms with Crippen molar-refractivity contribution in [3.63, 3.8) is 0 Å². The molecule has 2 fully saturated rings. The van der Waals surface area contributed by atoms with Gasteiger partial charge in [-0.3, -0.25) is 4.98 Å². The average molecular weight is 540 g/mol. The minimum absolute atomic E-state index is 0.0907. The van der Waals surface area contributed by atoms with Gasteiger partial charge in [0.1, 0.15) is 5.75 Å². The van der Waals surface area contributed by atoms with Crippen LogP contribution in [0.2, 0.25) is 0 Å². The molecule has 2 aromatic heterocycles. The van der Waals surface area contributed by atoms with E-state index in [0.29, 0.717) is 5.11 Å². The molecule has 0 amide bonds. The lowest BCUT2D eigenvalue weighted by molar-refractivity contribution is 0.122. The van der Waals surface area contributed by atoms with E-state index in [-0.39, 0.29) is 12.1 Å². The topological polar surface area (TPSA) is 54.8 Å². The summed E-state index contributed by atoms with van der Waals surface area (Å²) in [6.45, 7) is 7.76. The normalized spacial score (nSPS) is 19.3. The molecule has 2 aliphatic heterocycles. The van der Waals surface area contributed by atoms with E-state index in [1.165, 1.54) is 22.6 Å². The molecule has 4 aromatic rings. The van der Waals surface area contributed by atoms with Crippen molar-refractivity contribution in [3.8, 4) is 11.4 Å². The maximum absolute atomic E-state index is 5.93. The molecule has 39 heavy (non-hydrogen) atoms. The van der Waals surface area contributed by atoms with Crippen LogP contribution in [0.5, 0.6) is 5.75 Å². The number of nitrogens with zero attached hydrogens (tertiary/aromatic N) is 4. The zero-order chi connectivity index (χ0) is 26.9. The molecule has 6 rings (SSSR count). The zero-order valence-electron chi connectivity index (χ0n) is 22.5. The van der Waals surface area contributed by atoms with Crippen LogP contribution in [-0.2, 0) is 4.74 Å². The number of rotatable bonds is 6. The second-order valence-electron chi connectivity index (χ2n) is 9.98. The van der Waals surface area contributed by atoms with Crippen LogP contribution >= 0.6 is 12.2 Å². The number of nitrogens with one attached hydrogen (secondary N) is 1. The Morgan fingerprint density at radius 3 is 2.41 bits per heavy atom. The summed E-state index contributed by atoms with van der Waals surface area (Å²) in [5.74, 6) is 0.793. The minimum Gasteiger partial charge on any atom is -0.497 e. The largest absolute Gasteiger partial charge is 0.497 e. The highest BCUT2D eigenvalue weighted by Crippen LogP contribution is 2.44. The van der Waals surface area contributed by atoms with Gasteiger partial charge >= 0.3 is 0 Å². The number of thiocarbonyl (C=S) groups is 1. The number of ether oxygens (including phenoxy) is 2. The first-order chi connectivity index (χ1) is 19.0. The van der Waals surface area contributed by atoms with E-state index in [1.807, 2.05) is 36.5 Å². The van der Waals surface area contributed by atoms with Crippen molar-refractivity contribution in [2.45, 2.75) is 25.9 Å². The quantitative estimate of drug-likeness (QED) is 0.324. The first-order valence-corrected chi connectivity index (χ1v) is 13.7. The number of benzene rings is 2. The van der Waals surface area contributed by atoms with Gasteiger partial charge in [-0.1, -0.05) is 12.1 Å². The van der Waals surface area contributed by atoms with Gasteiger partial charge in [-0.05, 0) is 86.2 Å². The smallest absolute Gasteiger partial charge is 0.174 e. The second kappa shape index (κ2) is 10.7. The van der Waals surface area contributed by atoms with Crippen LogP contribution in [0.25, 0.3) is 5.69 Å². The summed E-state index contributed by atoms with van der Waals surface area (Å²) in [6.07, 6.45) is 1.84.